The Bertz CT molecular complexity index is 1420. The highest BCUT2D eigenvalue weighted by molar-refractivity contribution is 8.02. The first-order valence-electron chi connectivity index (χ1n) is 15.0. The summed E-state index contributed by atoms with van der Waals surface area (Å²) in [6.45, 7) is 8.42. The van der Waals surface area contributed by atoms with Crippen LogP contribution in [0, 0.1) is 12.8 Å². The van der Waals surface area contributed by atoms with Gasteiger partial charge in [0, 0.05) is 49.4 Å². The smallest absolute Gasteiger partial charge is 0.263 e. The molecule has 42 heavy (non-hydrogen) atoms. The summed E-state index contributed by atoms with van der Waals surface area (Å²) in [6, 6.07) is 19.8. The summed E-state index contributed by atoms with van der Waals surface area (Å²) in [6.07, 6.45) is 9.92. The zero-order valence-corrected chi connectivity index (χ0v) is 25.5. The number of likely N-dealkylation sites (tertiary alicyclic amines) is 1. The number of hydrogen-bond donors (Lipinski definition) is 2. The van der Waals surface area contributed by atoms with Crippen LogP contribution in [0.3, 0.4) is 0 Å². The number of allylic oxidation sites excluding steroid dienone is 1. The third-order valence-corrected chi connectivity index (χ3v) is 9.88. The number of aryl methyl sites for hydroxylation is 1. The highest BCUT2D eigenvalue weighted by Gasteiger charge is 2.38. The summed E-state index contributed by atoms with van der Waals surface area (Å²) in [5.41, 5.74) is 7.68. The monoisotopic (exact) mass is 586 g/mol. The van der Waals surface area contributed by atoms with Crippen LogP contribution >= 0.6 is 11.9 Å². The maximum atomic E-state index is 13.1. The molecule has 1 saturated heterocycles. The van der Waals surface area contributed by atoms with E-state index in [4.69, 9.17) is 14.8 Å². The standard InChI is InChI=1S/C32H40N6OS.CH2O/c1-23-30(40-36-35-23)31(39)37-20-16-32(17-21-37,26-8-4-3-5-9-26)15-19-33-18-14-27(22-25-12-13-25)38-24(2)34-28-10-6-7-11-29(28)38;1-2/h3-11,18,25,27,35-36H,12-17,19-22H2,1-2H3;1H2. The lowest BCUT2D eigenvalue weighted by Gasteiger charge is -2.42. The Kier molecular flexibility index (Phi) is 9.80. The van der Waals surface area contributed by atoms with Crippen molar-refractivity contribution in [1.29, 1.82) is 0 Å². The van der Waals surface area contributed by atoms with Gasteiger partial charge in [0.1, 0.15) is 17.5 Å². The van der Waals surface area contributed by atoms with E-state index < -0.39 is 0 Å². The van der Waals surface area contributed by atoms with Crippen LogP contribution in [0.2, 0.25) is 0 Å². The fourth-order valence-corrected chi connectivity index (χ4v) is 7.21. The van der Waals surface area contributed by atoms with Gasteiger partial charge >= 0.3 is 0 Å². The van der Waals surface area contributed by atoms with Gasteiger partial charge in [-0.25, -0.2) is 4.98 Å². The van der Waals surface area contributed by atoms with Crippen LogP contribution in [0.5, 0.6) is 0 Å². The normalized spacial score (nSPS) is 19.0. The molecule has 2 fully saturated rings. The Labute approximate surface area is 253 Å². The third kappa shape index (κ3) is 6.63. The highest BCUT2D eigenvalue weighted by Crippen LogP contribution is 2.41. The maximum Gasteiger partial charge on any atom is 0.263 e. The Morgan fingerprint density at radius 1 is 1.12 bits per heavy atom. The van der Waals surface area contributed by atoms with Crippen molar-refractivity contribution < 1.29 is 9.59 Å². The molecule has 3 heterocycles. The van der Waals surface area contributed by atoms with Crippen molar-refractivity contribution in [2.75, 3.05) is 19.6 Å². The summed E-state index contributed by atoms with van der Waals surface area (Å²) in [5, 5.41) is 0. The molecule has 6 rings (SSSR count). The molecule has 3 aromatic rings. The molecule has 1 aliphatic carbocycles. The first-order valence-corrected chi connectivity index (χ1v) is 15.8. The third-order valence-electron chi connectivity index (χ3n) is 8.99. The number of hydrazine groups is 1. The number of para-hydroxylation sites is 2. The number of nitrogens with zero attached hydrogens (tertiary/aromatic N) is 4. The summed E-state index contributed by atoms with van der Waals surface area (Å²) in [7, 11) is 0. The van der Waals surface area contributed by atoms with E-state index in [1.165, 1.54) is 42.3 Å². The van der Waals surface area contributed by atoms with Crippen molar-refractivity contribution in [3.05, 3.63) is 76.6 Å². The number of imidazole rings is 1. The molecule has 2 aromatic carbocycles. The number of fused-ring (bicyclic) bond motifs is 1. The number of benzene rings is 2. The topological polar surface area (TPSA) is 91.6 Å². The molecule has 0 radical (unpaired) electrons. The van der Waals surface area contributed by atoms with Crippen LogP contribution < -0.4 is 10.3 Å². The fraction of sp³-hybridized carbons (Fsp3) is 0.455. The van der Waals surface area contributed by atoms with E-state index in [9.17, 15) is 4.79 Å². The van der Waals surface area contributed by atoms with Gasteiger partial charge in [-0.2, -0.15) is 4.83 Å². The van der Waals surface area contributed by atoms with E-state index in [-0.39, 0.29) is 11.3 Å². The van der Waals surface area contributed by atoms with Crippen LogP contribution in [-0.2, 0) is 15.0 Å². The number of carbonyl (C=O) groups excluding carboxylic acids is 2. The Hall–Kier alpha value is -3.43. The van der Waals surface area contributed by atoms with E-state index in [2.05, 4.69) is 82.6 Å². The molecule has 8 nitrogen and oxygen atoms in total. The summed E-state index contributed by atoms with van der Waals surface area (Å²) in [4.78, 5) is 36.7. The average molecular weight is 587 g/mol. The Balaban J connectivity index is 0.00000173. The van der Waals surface area contributed by atoms with Gasteiger partial charge < -0.3 is 19.7 Å². The van der Waals surface area contributed by atoms with Crippen LogP contribution in [0.15, 0.2) is 70.2 Å². The number of amides is 1. The number of piperidine rings is 1. The molecule has 9 heteroatoms. The van der Waals surface area contributed by atoms with E-state index in [0.717, 1.165) is 73.2 Å². The number of nitrogens with one attached hydrogen (secondary N) is 2. The van der Waals surface area contributed by atoms with Crippen molar-refractivity contribution >= 4 is 41.9 Å². The van der Waals surface area contributed by atoms with Gasteiger partial charge in [-0.1, -0.05) is 55.3 Å². The van der Waals surface area contributed by atoms with Gasteiger partial charge in [0.25, 0.3) is 5.91 Å². The van der Waals surface area contributed by atoms with E-state index >= 15 is 0 Å². The second-order valence-electron chi connectivity index (χ2n) is 11.6. The van der Waals surface area contributed by atoms with Crippen LogP contribution in [0.4, 0.5) is 0 Å². The number of rotatable bonds is 10. The molecular weight excluding hydrogens is 544 g/mol. The zero-order chi connectivity index (χ0) is 29.5. The van der Waals surface area contributed by atoms with E-state index in [1.54, 1.807) is 0 Å². The van der Waals surface area contributed by atoms with Gasteiger partial charge in [0.05, 0.1) is 11.0 Å². The van der Waals surface area contributed by atoms with Crippen LogP contribution in [0.25, 0.3) is 11.0 Å². The molecule has 1 aromatic heterocycles. The number of aromatic nitrogens is 2. The van der Waals surface area contributed by atoms with Crippen molar-refractivity contribution in [2.45, 2.75) is 70.3 Å². The fourth-order valence-electron chi connectivity index (χ4n) is 6.48. The second-order valence-corrected chi connectivity index (χ2v) is 12.5. The average Bonchev–Trinajstić information content (AvgIpc) is 3.64. The predicted molar refractivity (Wildman–Crippen MR) is 171 cm³/mol. The lowest BCUT2D eigenvalue weighted by Crippen LogP contribution is -2.45. The second kappa shape index (κ2) is 13.7. The summed E-state index contributed by atoms with van der Waals surface area (Å²) < 4.78 is 2.45. The maximum absolute atomic E-state index is 13.1. The number of hydrogen-bond acceptors (Lipinski definition) is 7. The Morgan fingerprint density at radius 2 is 1.83 bits per heavy atom. The lowest BCUT2D eigenvalue weighted by molar-refractivity contribution is -0.128. The largest absolute Gasteiger partial charge is 0.338 e. The summed E-state index contributed by atoms with van der Waals surface area (Å²) in [5.74, 6) is 2.06. The molecule has 3 aliphatic rings. The minimum absolute atomic E-state index is 0.0443. The molecule has 2 N–H and O–H groups in total. The molecule has 1 unspecified atom stereocenters. The van der Waals surface area contributed by atoms with Crippen molar-refractivity contribution in [2.24, 2.45) is 10.9 Å². The van der Waals surface area contributed by atoms with E-state index in [1.807, 2.05) is 18.6 Å². The van der Waals surface area contributed by atoms with Crippen LogP contribution in [0.1, 0.15) is 69.3 Å². The van der Waals surface area contributed by atoms with Crippen molar-refractivity contribution in [1.82, 2.24) is 24.7 Å². The first kappa shape index (κ1) is 30.0. The van der Waals surface area contributed by atoms with Gasteiger partial charge in [0.2, 0.25) is 0 Å². The molecule has 2 aliphatic heterocycles. The minimum atomic E-state index is 0.0443. The molecule has 222 valence electrons. The van der Waals surface area contributed by atoms with Gasteiger partial charge in [-0.3, -0.25) is 9.79 Å². The SMILES string of the molecule is C=O.CC1=C(C(=O)N2CCC(CCN=CCC(CC3CC3)n3c(C)nc4ccccc43)(c3ccccc3)CC2)SNN1. The Morgan fingerprint density at radius 3 is 2.52 bits per heavy atom. The van der Waals surface area contributed by atoms with Crippen molar-refractivity contribution in [3.63, 3.8) is 0 Å². The van der Waals surface area contributed by atoms with Gasteiger partial charge in [-0.15, -0.1) is 0 Å². The number of aliphatic imine (C=N–C) groups is 1. The quantitative estimate of drug-likeness (QED) is 0.227. The first-order chi connectivity index (χ1) is 20.5. The highest BCUT2D eigenvalue weighted by atomic mass is 32.2. The van der Waals surface area contributed by atoms with Gasteiger partial charge in [0.15, 0.2) is 0 Å². The zero-order valence-electron chi connectivity index (χ0n) is 24.7. The summed E-state index contributed by atoms with van der Waals surface area (Å²) >= 11 is 1.38. The number of carbonyl (C=O) groups is 2. The molecular formula is C33H42N6O2S. The molecule has 0 spiro atoms. The van der Waals surface area contributed by atoms with Crippen LogP contribution in [-0.4, -0.2) is 53.0 Å². The lowest BCUT2D eigenvalue weighted by atomic mass is 9.70. The molecule has 1 atom stereocenters. The molecule has 1 amide bonds. The van der Waals surface area contributed by atoms with Crippen molar-refractivity contribution in [3.8, 4) is 0 Å². The molecule has 1 saturated carbocycles. The van der Waals surface area contributed by atoms with E-state index in [0.29, 0.717) is 6.04 Å². The van der Waals surface area contributed by atoms with Gasteiger partial charge in [-0.05, 0) is 75.1 Å². The predicted octanol–water partition coefficient (Wildman–Crippen LogP) is 5.90. The minimum Gasteiger partial charge on any atom is -0.338 e. The molecule has 0 bridgehead atoms.